The van der Waals surface area contributed by atoms with Gasteiger partial charge in [0.05, 0.1) is 28.0 Å². The van der Waals surface area contributed by atoms with Gasteiger partial charge in [0, 0.05) is 49.4 Å². The van der Waals surface area contributed by atoms with Crippen LogP contribution in [0, 0.1) is 0 Å². The van der Waals surface area contributed by atoms with E-state index in [2.05, 4.69) is 152 Å². The summed E-state index contributed by atoms with van der Waals surface area (Å²) in [6, 6.07) is 69.0. The lowest BCUT2D eigenvalue weighted by Gasteiger charge is -2.12. The Morgan fingerprint density at radius 3 is 1.65 bits per heavy atom. The summed E-state index contributed by atoms with van der Waals surface area (Å²) in [6.45, 7) is 0. The number of hydrogen-bond donors (Lipinski definition) is 0. The largest absolute Gasteiger partial charge is 0.455 e. The summed E-state index contributed by atoms with van der Waals surface area (Å²) in [7, 11) is 0. The number of benzene rings is 8. The van der Waals surface area contributed by atoms with Crippen LogP contribution >= 0.6 is 0 Å². The highest BCUT2D eigenvalue weighted by Crippen LogP contribution is 2.41. The van der Waals surface area contributed by atoms with E-state index in [9.17, 15) is 0 Å². The summed E-state index contributed by atoms with van der Waals surface area (Å²) in [6.07, 6.45) is 0. The molecule has 0 radical (unpaired) electrons. The van der Waals surface area contributed by atoms with E-state index in [-0.39, 0.29) is 0 Å². The molecule has 8 aromatic carbocycles. The Bertz CT molecular complexity index is 3600. The van der Waals surface area contributed by atoms with Crippen LogP contribution in [0.3, 0.4) is 0 Å². The van der Waals surface area contributed by atoms with Crippen molar-refractivity contribution in [2.24, 2.45) is 0 Å². The topological polar surface area (TPSA) is 65.0 Å². The molecule has 0 unspecified atom stereocenters. The maximum absolute atomic E-state index is 6.52. The van der Waals surface area contributed by atoms with Crippen molar-refractivity contribution in [2.75, 3.05) is 0 Å². The van der Waals surface area contributed by atoms with Gasteiger partial charge in [-0.25, -0.2) is 15.0 Å². The summed E-state index contributed by atoms with van der Waals surface area (Å²) in [5.41, 5.74) is 15.1. The van der Waals surface area contributed by atoms with Crippen molar-refractivity contribution in [2.45, 2.75) is 0 Å². The van der Waals surface area contributed by atoms with Gasteiger partial charge in [0.15, 0.2) is 5.82 Å². The Hall–Kier alpha value is -8.15. The monoisotopic (exact) mass is 767 g/mol. The van der Waals surface area contributed by atoms with Gasteiger partial charge >= 0.3 is 0 Å². The molecule has 0 N–H and O–H groups in total. The van der Waals surface area contributed by atoms with Crippen molar-refractivity contribution in [3.63, 3.8) is 0 Å². The van der Waals surface area contributed by atoms with Crippen LogP contribution in [0.2, 0.25) is 0 Å². The van der Waals surface area contributed by atoms with Crippen LogP contribution in [-0.2, 0) is 0 Å². The molecule has 4 heterocycles. The number of fused-ring (bicyclic) bond motifs is 8. The van der Waals surface area contributed by atoms with Gasteiger partial charge in [0.2, 0.25) is 0 Å². The molecule has 0 fully saturated rings. The number of furan rings is 2. The molecule has 280 valence electrons. The molecule has 0 aliphatic carbocycles. The molecule has 0 spiro atoms. The van der Waals surface area contributed by atoms with Gasteiger partial charge in [-0.3, -0.25) is 0 Å². The second kappa shape index (κ2) is 13.8. The molecule has 5 heteroatoms. The normalized spacial score (nSPS) is 11.7. The van der Waals surface area contributed by atoms with Crippen molar-refractivity contribution in [1.82, 2.24) is 15.0 Å². The second-order valence-corrected chi connectivity index (χ2v) is 15.1. The molecule has 60 heavy (non-hydrogen) atoms. The fourth-order valence-electron chi connectivity index (χ4n) is 8.58. The first-order chi connectivity index (χ1) is 29.7. The molecule has 0 saturated heterocycles. The van der Waals surface area contributed by atoms with Crippen molar-refractivity contribution < 1.29 is 8.83 Å². The summed E-state index contributed by atoms with van der Waals surface area (Å²) in [5, 5.41) is 5.25. The summed E-state index contributed by atoms with van der Waals surface area (Å²) < 4.78 is 12.9. The Morgan fingerprint density at radius 1 is 0.317 bits per heavy atom. The number of rotatable bonds is 6. The van der Waals surface area contributed by atoms with Gasteiger partial charge in [-0.15, -0.1) is 0 Å². The highest BCUT2D eigenvalue weighted by atomic mass is 16.3. The van der Waals surface area contributed by atoms with Crippen LogP contribution in [0.1, 0.15) is 0 Å². The van der Waals surface area contributed by atoms with Gasteiger partial charge in [-0.05, 0) is 59.2 Å². The smallest absolute Gasteiger partial charge is 0.160 e. The molecular weight excluding hydrogens is 735 g/mol. The molecule has 0 bridgehead atoms. The predicted molar refractivity (Wildman–Crippen MR) is 245 cm³/mol. The van der Waals surface area contributed by atoms with Crippen LogP contribution in [0.4, 0.5) is 0 Å². The molecule has 0 amide bonds. The quantitative estimate of drug-likeness (QED) is 0.169. The standard InChI is InChI=1S/C55H33N3O2/c1-2-13-34(14-3-1)37-15-10-16-38(31-37)47-33-48(58-55(57-47)36-29-27-35(28-30-36)41-22-12-23-43-42-19-5-8-25-49(42)59-53(41)43)39-17-11-18-40(32-39)52-51-45-21-6-9-26-50(45)60-54(51)44-20-4-7-24-46(44)56-52/h1-33H. The van der Waals surface area contributed by atoms with Crippen molar-refractivity contribution >= 4 is 54.8 Å². The van der Waals surface area contributed by atoms with Crippen LogP contribution in [-0.4, -0.2) is 15.0 Å². The third kappa shape index (κ3) is 5.67. The number of pyridine rings is 1. The summed E-state index contributed by atoms with van der Waals surface area (Å²) >= 11 is 0. The van der Waals surface area contributed by atoms with E-state index < -0.39 is 0 Å². The average Bonchev–Trinajstić information content (AvgIpc) is 3.91. The minimum Gasteiger partial charge on any atom is -0.455 e. The van der Waals surface area contributed by atoms with E-state index in [1.807, 2.05) is 48.5 Å². The Morgan fingerprint density at radius 2 is 0.867 bits per heavy atom. The Balaban J connectivity index is 1.01. The molecule has 12 rings (SSSR count). The minimum absolute atomic E-state index is 0.638. The number of aromatic nitrogens is 3. The highest BCUT2D eigenvalue weighted by molar-refractivity contribution is 6.19. The molecule has 0 aliphatic rings. The molecule has 5 nitrogen and oxygen atoms in total. The molecule has 0 atom stereocenters. The van der Waals surface area contributed by atoms with E-state index >= 15 is 0 Å². The maximum atomic E-state index is 6.52. The second-order valence-electron chi connectivity index (χ2n) is 15.1. The third-order valence-electron chi connectivity index (χ3n) is 11.5. The summed E-state index contributed by atoms with van der Waals surface area (Å²) in [4.78, 5) is 15.8. The van der Waals surface area contributed by atoms with E-state index in [4.69, 9.17) is 23.8 Å². The lowest BCUT2D eigenvalue weighted by atomic mass is 9.98. The van der Waals surface area contributed by atoms with E-state index in [0.717, 1.165) is 116 Å². The number of para-hydroxylation sites is 4. The van der Waals surface area contributed by atoms with E-state index in [1.54, 1.807) is 0 Å². The van der Waals surface area contributed by atoms with Crippen molar-refractivity contribution in [3.8, 4) is 67.4 Å². The fourth-order valence-corrected chi connectivity index (χ4v) is 8.58. The average molecular weight is 768 g/mol. The van der Waals surface area contributed by atoms with Crippen molar-refractivity contribution in [1.29, 1.82) is 0 Å². The van der Waals surface area contributed by atoms with Gasteiger partial charge in [0.25, 0.3) is 0 Å². The lowest BCUT2D eigenvalue weighted by molar-refractivity contribution is 0.670. The lowest BCUT2D eigenvalue weighted by Crippen LogP contribution is -1.97. The van der Waals surface area contributed by atoms with Crippen molar-refractivity contribution in [3.05, 3.63) is 200 Å². The predicted octanol–water partition coefficient (Wildman–Crippen LogP) is 14.8. The summed E-state index contributed by atoms with van der Waals surface area (Å²) in [5.74, 6) is 0.638. The molecule has 0 aliphatic heterocycles. The highest BCUT2D eigenvalue weighted by Gasteiger charge is 2.19. The molecule has 0 saturated carbocycles. The SMILES string of the molecule is c1ccc(-c2cccc(-c3cc(-c4cccc(-c5nc6ccccc6c6oc7ccccc7c56)c4)nc(-c4ccc(-c5cccc6c5oc5ccccc56)cc4)n3)c2)cc1. The molecule has 4 aromatic heterocycles. The van der Waals surface area contributed by atoms with E-state index in [1.165, 1.54) is 0 Å². The van der Waals surface area contributed by atoms with Crippen LogP contribution in [0.5, 0.6) is 0 Å². The zero-order chi connectivity index (χ0) is 39.6. The Kier molecular flexibility index (Phi) is 7.78. The first-order valence-electron chi connectivity index (χ1n) is 20.1. The van der Waals surface area contributed by atoms with Crippen LogP contribution in [0.25, 0.3) is 122 Å². The van der Waals surface area contributed by atoms with Gasteiger partial charge < -0.3 is 8.83 Å². The molecule has 12 aromatic rings. The zero-order valence-electron chi connectivity index (χ0n) is 32.2. The zero-order valence-corrected chi connectivity index (χ0v) is 32.2. The number of hydrogen-bond acceptors (Lipinski definition) is 5. The van der Waals surface area contributed by atoms with Crippen LogP contribution in [0.15, 0.2) is 209 Å². The van der Waals surface area contributed by atoms with E-state index in [0.29, 0.717) is 5.82 Å². The molecular formula is C55H33N3O2. The van der Waals surface area contributed by atoms with Gasteiger partial charge in [-0.2, -0.15) is 0 Å². The van der Waals surface area contributed by atoms with Gasteiger partial charge in [0.1, 0.15) is 22.3 Å². The maximum Gasteiger partial charge on any atom is 0.160 e. The minimum atomic E-state index is 0.638. The third-order valence-corrected chi connectivity index (χ3v) is 11.5. The fraction of sp³-hybridized carbons (Fsp3) is 0. The van der Waals surface area contributed by atoms with Crippen LogP contribution < -0.4 is 0 Å². The Labute approximate surface area is 344 Å². The first kappa shape index (κ1) is 33.9. The first-order valence-corrected chi connectivity index (χ1v) is 20.1. The number of nitrogens with zero attached hydrogens (tertiary/aromatic N) is 3. The van der Waals surface area contributed by atoms with Gasteiger partial charge in [-0.1, -0.05) is 158 Å².